The Morgan fingerprint density at radius 2 is 0.802 bits per heavy atom. The molecular formula is C67H115NO18. The smallest absolute Gasteiger partial charge is 0.220 e. The fraction of sp³-hybridized carbons (Fsp3) is 0.776. The molecule has 0 aromatic heterocycles. The number of rotatable bonds is 48. The molecule has 19 nitrogen and oxygen atoms in total. The molecule has 0 bridgehead atoms. The summed E-state index contributed by atoms with van der Waals surface area (Å²) in [5.41, 5.74) is 0. The molecule has 0 radical (unpaired) electrons. The second-order valence-corrected chi connectivity index (χ2v) is 23.2. The number of unbranched alkanes of at least 4 members (excludes halogenated alkanes) is 20. The maximum atomic E-state index is 13.3. The minimum Gasteiger partial charge on any atom is -0.394 e. The van der Waals surface area contributed by atoms with Gasteiger partial charge in [0.2, 0.25) is 5.91 Å². The van der Waals surface area contributed by atoms with Gasteiger partial charge >= 0.3 is 0 Å². The van der Waals surface area contributed by atoms with E-state index in [9.17, 15) is 61.0 Å². The largest absolute Gasteiger partial charge is 0.394 e. The van der Waals surface area contributed by atoms with E-state index in [4.69, 9.17) is 28.4 Å². The summed E-state index contributed by atoms with van der Waals surface area (Å²) in [5, 5.41) is 120. The highest BCUT2D eigenvalue weighted by Crippen LogP contribution is 2.33. The highest BCUT2D eigenvalue weighted by Gasteiger charge is 2.53. The number of aliphatic hydroxyl groups excluding tert-OH is 11. The highest BCUT2D eigenvalue weighted by molar-refractivity contribution is 5.76. The molecule has 3 fully saturated rings. The van der Waals surface area contributed by atoms with Gasteiger partial charge in [0.15, 0.2) is 18.9 Å². The molecule has 0 aliphatic carbocycles. The lowest BCUT2D eigenvalue weighted by Gasteiger charge is -2.48. The lowest BCUT2D eigenvalue weighted by atomic mass is 9.96. The van der Waals surface area contributed by atoms with Crippen LogP contribution in [-0.4, -0.2) is 193 Å². The predicted molar refractivity (Wildman–Crippen MR) is 332 cm³/mol. The van der Waals surface area contributed by atoms with Crippen LogP contribution in [0.4, 0.5) is 0 Å². The van der Waals surface area contributed by atoms with Crippen molar-refractivity contribution < 1.29 is 89.4 Å². The Labute approximate surface area is 514 Å². The summed E-state index contributed by atoms with van der Waals surface area (Å²) in [6.45, 7) is 1.54. The summed E-state index contributed by atoms with van der Waals surface area (Å²) in [6.07, 6.45) is 34.6. The van der Waals surface area contributed by atoms with Crippen molar-refractivity contribution >= 4 is 5.91 Å². The van der Waals surface area contributed by atoms with Crippen LogP contribution in [0.1, 0.15) is 200 Å². The number of amides is 1. The molecule has 0 aromatic carbocycles. The fourth-order valence-electron chi connectivity index (χ4n) is 10.6. The van der Waals surface area contributed by atoms with Crippen LogP contribution in [0.3, 0.4) is 0 Å². The van der Waals surface area contributed by atoms with Crippen LogP contribution < -0.4 is 5.32 Å². The Morgan fingerprint density at radius 1 is 0.430 bits per heavy atom. The second kappa shape index (κ2) is 48.8. The molecule has 496 valence electrons. The molecule has 3 aliphatic heterocycles. The van der Waals surface area contributed by atoms with Gasteiger partial charge in [-0.25, -0.2) is 0 Å². The summed E-state index contributed by atoms with van der Waals surface area (Å²) >= 11 is 0. The average Bonchev–Trinajstić information content (AvgIpc) is 3.55. The highest BCUT2D eigenvalue weighted by atomic mass is 16.8. The molecular weight excluding hydrogens is 1110 g/mol. The number of carbonyl (C=O) groups excluding carboxylic acids is 1. The Hall–Kier alpha value is -3.03. The first-order valence-electron chi connectivity index (χ1n) is 32.8. The van der Waals surface area contributed by atoms with Crippen molar-refractivity contribution in [3.8, 4) is 0 Å². The van der Waals surface area contributed by atoms with Crippen molar-refractivity contribution in [2.75, 3.05) is 26.4 Å². The van der Waals surface area contributed by atoms with Gasteiger partial charge < -0.3 is 89.9 Å². The molecule has 17 unspecified atom stereocenters. The zero-order valence-corrected chi connectivity index (χ0v) is 52.0. The molecule has 3 saturated heterocycles. The Morgan fingerprint density at radius 3 is 1.26 bits per heavy atom. The van der Waals surface area contributed by atoms with E-state index < -0.39 is 124 Å². The monoisotopic (exact) mass is 1220 g/mol. The molecule has 1 amide bonds. The quantitative estimate of drug-likeness (QED) is 0.0207. The van der Waals surface area contributed by atoms with Gasteiger partial charge in [-0.15, -0.1) is 0 Å². The zero-order valence-electron chi connectivity index (χ0n) is 52.0. The predicted octanol–water partition coefficient (Wildman–Crippen LogP) is 7.54. The number of aliphatic hydroxyl groups is 11. The maximum absolute atomic E-state index is 13.3. The SMILES string of the molecule is CC/C=C\C/C=C\C/C=C\C/C=C\C/C=C\C/C=C\CCCCCCCCCCCCCCCCC(=O)NC(COC1OC(CO)C(OC2OC(CO)C(OC3OC(CO)C(O)C(O)C3O)C(O)C2O)C(O)C1O)C(O)/C=C/CCCCCCCC. The van der Waals surface area contributed by atoms with E-state index in [0.717, 1.165) is 96.3 Å². The van der Waals surface area contributed by atoms with Crippen molar-refractivity contribution in [1.29, 1.82) is 0 Å². The number of nitrogens with one attached hydrogen (secondary N) is 1. The van der Waals surface area contributed by atoms with Gasteiger partial charge in [0.25, 0.3) is 0 Å². The van der Waals surface area contributed by atoms with Crippen LogP contribution in [0.25, 0.3) is 0 Å². The summed E-state index contributed by atoms with van der Waals surface area (Å²) < 4.78 is 34.2. The fourth-order valence-corrected chi connectivity index (χ4v) is 10.6. The molecule has 17 atom stereocenters. The number of hydrogen-bond acceptors (Lipinski definition) is 18. The molecule has 0 spiro atoms. The van der Waals surface area contributed by atoms with Gasteiger partial charge in [0.05, 0.1) is 38.6 Å². The van der Waals surface area contributed by atoms with Crippen molar-refractivity contribution in [3.63, 3.8) is 0 Å². The van der Waals surface area contributed by atoms with Crippen molar-refractivity contribution in [2.45, 2.75) is 304 Å². The summed E-state index contributed by atoms with van der Waals surface area (Å²) in [7, 11) is 0. The van der Waals surface area contributed by atoms with Crippen LogP contribution in [0, 0.1) is 0 Å². The first kappa shape index (κ1) is 77.2. The van der Waals surface area contributed by atoms with Crippen LogP contribution in [-0.2, 0) is 33.2 Å². The Kier molecular flexibility index (Phi) is 43.8. The number of hydrogen-bond donors (Lipinski definition) is 12. The van der Waals surface area contributed by atoms with E-state index in [1.807, 2.05) is 6.08 Å². The van der Waals surface area contributed by atoms with Crippen LogP contribution in [0.2, 0.25) is 0 Å². The second-order valence-electron chi connectivity index (χ2n) is 23.2. The van der Waals surface area contributed by atoms with Gasteiger partial charge in [-0.05, 0) is 70.6 Å². The number of ether oxygens (including phenoxy) is 6. The molecule has 86 heavy (non-hydrogen) atoms. The molecule has 3 aliphatic rings. The van der Waals surface area contributed by atoms with E-state index >= 15 is 0 Å². The average molecular weight is 1220 g/mol. The molecule has 3 rings (SSSR count). The summed E-state index contributed by atoms with van der Waals surface area (Å²) in [5.74, 6) is -0.283. The minimum atomic E-state index is -1.98. The maximum Gasteiger partial charge on any atom is 0.220 e. The molecule has 3 heterocycles. The molecule has 19 heteroatoms. The first-order valence-corrected chi connectivity index (χ1v) is 32.8. The van der Waals surface area contributed by atoms with E-state index in [-0.39, 0.29) is 18.9 Å². The number of allylic oxidation sites excluding steroid dienone is 13. The standard InChI is InChI=1S/C67H115NO18/c1-3-5-7-9-11-13-14-15-16-17-18-19-20-21-22-23-24-25-26-27-28-29-30-31-32-33-34-35-36-37-39-41-43-45-55(73)68-50(51(72)44-42-40-38-12-10-8-6-4-2)49-81-65-61(79)58(76)63(53(47-70)83-65)86-67-62(80)59(77)64(54(48-71)84-67)85-66-60(78)57(75)56(74)52(46-69)82-66/h5,7,11,13,15-16,18-19,21-22,24-25,42,44,50-54,56-67,69-72,74-80H,3-4,6,8-10,12,14,17,20,23,26-41,43,45-49H2,1-2H3,(H,68,73)/b7-5-,13-11-,16-15-,19-18-,22-21-,25-24-,44-42+. The molecule has 0 aromatic rings. The summed E-state index contributed by atoms with van der Waals surface area (Å²) in [4.78, 5) is 13.3. The van der Waals surface area contributed by atoms with E-state index in [1.165, 1.54) is 77.0 Å². The van der Waals surface area contributed by atoms with Crippen molar-refractivity contribution in [2.24, 2.45) is 0 Å². The van der Waals surface area contributed by atoms with Gasteiger partial charge in [0, 0.05) is 6.42 Å². The summed E-state index contributed by atoms with van der Waals surface area (Å²) in [6, 6.07) is -0.974. The van der Waals surface area contributed by atoms with Crippen LogP contribution >= 0.6 is 0 Å². The number of carbonyl (C=O) groups is 1. The van der Waals surface area contributed by atoms with Crippen LogP contribution in [0.5, 0.6) is 0 Å². The van der Waals surface area contributed by atoms with Gasteiger partial charge in [0.1, 0.15) is 73.2 Å². The normalized spacial score (nSPS) is 29.3. The minimum absolute atomic E-state index is 0.238. The third-order valence-electron chi connectivity index (χ3n) is 15.9. The first-order chi connectivity index (χ1) is 41.8. The van der Waals surface area contributed by atoms with E-state index in [2.05, 4.69) is 92.1 Å². The lowest BCUT2D eigenvalue weighted by Crippen LogP contribution is -2.66. The van der Waals surface area contributed by atoms with Crippen LogP contribution in [0.15, 0.2) is 85.1 Å². The lowest BCUT2D eigenvalue weighted by molar-refractivity contribution is -0.379. The molecule has 0 saturated carbocycles. The van der Waals surface area contributed by atoms with Gasteiger partial charge in [-0.2, -0.15) is 0 Å². The zero-order chi connectivity index (χ0) is 62.6. The topological polar surface area (TPSA) is 307 Å². The molecule has 12 N–H and O–H groups in total. The Bertz CT molecular complexity index is 1890. The Balaban J connectivity index is 1.33. The van der Waals surface area contributed by atoms with E-state index in [0.29, 0.717) is 6.42 Å². The van der Waals surface area contributed by atoms with Crippen molar-refractivity contribution in [3.05, 3.63) is 85.1 Å². The van der Waals surface area contributed by atoms with Gasteiger partial charge in [-0.3, -0.25) is 4.79 Å². The third-order valence-corrected chi connectivity index (χ3v) is 15.9. The van der Waals surface area contributed by atoms with Gasteiger partial charge in [-0.1, -0.05) is 208 Å². The van der Waals surface area contributed by atoms with E-state index in [1.54, 1.807) is 6.08 Å². The van der Waals surface area contributed by atoms with Crippen molar-refractivity contribution in [1.82, 2.24) is 5.32 Å². The third kappa shape index (κ3) is 31.1.